The first kappa shape index (κ1) is 17.7. The minimum absolute atomic E-state index is 0.169. The molecule has 2 amide bonds. The summed E-state index contributed by atoms with van der Waals surface area (Å²) in [4.78, 5) is 12.2. The molecule has 0 heterocycles. The van der Waals surface area contributed by atoms with Crippen molar-refractivity contribution in [2.45, 2.75) is 26.4 Å². The molecule has 0 saturated carbocycles. The number of benzene rings is 2. The summed E-state index contributed by atoms with van der Waals surface area (Å²) in [5, 5.41) is 5.79. The largest absolute Gasteiger partial charge is 0.496 e. The van der Waals surface area contributed by atoms with Crippen molar-refractivity contribution in [2.24, 2.45) is 0 Å². The molecule has 0 aliphatic rings. The Balaban J connectivity index is 1.98. The number of ether oxygens (including phenoxy) is 2. The van der Waals surface area contributed by atoms with Crippen LogP contribution in [0.3, 0.4) is 0 Å². The van der Waals surface area contributed by atoms with Gasteiger partial charge in [-0.2, -0.15) is 0 Å². The maximum absolute atomic E-state index is 12.2. The summed E-state index contributed by atoms with van der Waals surface area (Å²) in [5.41, 5.74) is 3.00. The highest BCUT2D eigenvalue weighted by molar-refractivity contribution is 5.74. The molecule has 0 radical (unpaired) electrons. The molecule has 1 atom stereocenters. The highest BCUT2D eigenvalue weighted by Gasteiger charge is 2.14. The second-order valence-electron chi connectivity index (χ2n) is 5.61. The Morgan fingerprint density at radius 1 is 1.08 bits per heavy atom. The van der Waals surface area contributed by atoms with Crippen LogP contribution >= 0.6 is 0 Å². The number of nitrogens with one attached hydrogen (secondary N) is 2. The normalized spacial score (nSPS) is 11.5. The van der Waals surface area contributed by atoms with Gasteiger partial charge in [0, 0.05) is 17.7 Å². The van der Waals surface area contributed by atoms with Crippen molar-refractivity contribution in [3.63, 3.8) is 0 Å². The number of rotatable bonds is 6. The van der Waals surface area contributed by atoms with E-state index in [4.69, 9.17) is 9.47 Å². The van der Waals surface area contributed by atoms with Crippen molar-refractivity contribution in [3.8, 4) is 11.5 Å². The number of carbonyl (C=O) groups excluding carboxylic acids is 1. The molecule has 24 heavy (non-hydrogen) atoms. The van der Waals surface area contributed by atoms with Gasteiger partial charge in [-0.05, 0) is 26.0 Å². The predicted octanol–water partition coefficient (Wildman–Crippen LogP) is 3.57. The maximum Gasteiger partial charge on any atom is 0.315 e. The van der Waals surface area contributed by atoms with Crippen LogP contribution in [0, 0.1) is 6.92 Å². The minimum Gasteiger partial charge on any atom is -0.496 e. The van der Waals surface area contributed by atoms with Gasteiger partial charge in [-0.15, -0.1) is 0 Å². The zero-order valence-electron chi connectivity index (χ0n) is 14.6. The van der Waals surface area contributed by atoms with Gasteiger partial charge in [-0.25, -0.2) is 4.79 Å². The lowest BCUT2D eigenvalue weighted by Crippen LogP contribution is -2.36. The topological polar surface area (TPSA) is 59.6 Å². The third-order valence-electron chi connectivity index (χ3n) is 3.83. The fourth-order valence-corrected chi connectivity index (χ4v) is 2.54. The van der Waals surface area contributed by atoms with Crippen molar-refractivity contribution in [2.75, 3.05) is 14.2 Å². The average molecular weight is 328 g/mol. The fourth-order valence-electron chi connectivity index (χ4n) is 2.54. The summed E-state index contributed by atoms with van der Waals surface area (Å²) in [7, 11) is 3.24. The van der Waals surface area contributed by atoms with Crippen molar-refractivity contribution in [3.05, 3.63) is 59.2 Å². The highest BCUT2D eigenvalue weighted by Crippen LogP contribution is 2.26. The first-order chi connectivity index (χ1) is 11.5. The standard InChI is InChI=1S/C19H24N2O3/c1-13-9-10-18(24-4)16(11-13)14(2)21-19(22)20-12-15-7-5-6-8-17(15)23-3/h5-11,14H,12H2,1-4H3,(H2,20,21,22). The van der Waals surface area contributed by atoms with Crippen LogP contribution in [0.15, 0.2) is 42.5 Å². The molecule has 0 bridgehead atoms. The Morgan fingerprint density at radius 2 is 1.79 bits per heavy atom. The van der Waals surface area contributed by atoms with Crippen LogP contribution in [0.1, 0.15) is 29.7 Å². The van der Waals surface area contributed by atoms with Crippen LogP contribution < -0.4 is 20.1 Å². The summed E-state index contributed by atoms with van der Waals surface area (Å²) in [6.07, 6.45) is 0. The molecule has 0 aliphatic carbocycles. The Hall–Kier alpha value is -2.69. The van der Waals surface area contributed by atoms with E-state index in [1.807, 2.05) is 56.3 Å². The van der Waals surface area contributed by atoms with E-state index in [-0.39, 0.29) is 12.1 Å². The Bertz CT molecular complexity index is 701. The van der Waals surface area contributed by atoms with E-state index in [0.717, 1.165) is 28.2 Å². The van der Waals surface area contributed by atoms with E-state index in [1.165, 1.54) is 0 Å². The molecule has 5 nitrogen and oxygen atoms in total. The number of methoxy groups -OCH3 is 2. The lowest BCUT2D eigenvalue weighted by molar-refractivity contribution is 0.237. The van der Waals surface area contributed by atoms with Crippen molar-refractivity contribution in [1.82, 2.24) is 10.6 Å². The van der Waals surface area contributed by atoms with Gasteiger partial charge in [0.1, 0.15) is 11.5 Å². The lowest BCUT2D eigenvalue weighted by atomic mass is 10.0. The van der Waals surface area contributed by atoms with E-state index < -0.39 is 0 Å². The highest BCUT2D eigenvalue weighted by atomic mass is 16.5. The number of para-hydroxylation sites is 1. The lowest BCUT2D eigenvalue weighted by Gasteiger charge is -2.18. The van der Waals surface area contributed by atoms with Gasteiger partial charge in [0.15, 0.2) is 0 Å². The van der Waals surface area contributed by atoms with Crippen molar-refractivity contribution in [1.29, 1.82) is 0 Å². The van der Waals surface area contributed by atoms with Gasteiger partial charge in [0.25, 0.3) is 0 Å². The van der Waals surface area contributed by atoms with Gasteiger partial charge in [0.05, 0.1) is 20.3 Å². The minimum atomic E-state index is -0.239. The fraction of sp³-hybridized carbons (Fsp3) is 0.316. The van der Waals surface area contributed by atoms with Crippen molar-refractivity contribution < 1.29 is 14.3 Å². The van der Waals surface area contributed by atoms with Gasteiger partial charge in [0.2, 0.25) is 0 Å². The summed E-state index contributed by atoms with van der Waals surface area (Å²) in [6, 6.07) is 13.1. The van der Waals surface area contributed by atoms with E-state index >= 15 is 0 Å². The molecule has 0 aromatic heterocycles. The monoisotopic (exact) mass is 328 g/mol. The molecular weight excluding hydrogens is 304 g/mol. The first-order valence-corrected chi connectivity index (χ1v) is 7.86. The predicted molar refractivity (Wildman–Crippen MR) is 94.5 cm³/mol. The molecule has 2 N–H and O–H groups in total. The second-order valence-corrected chi connectivity index (χ2v) is 5.61. The molecule has 0 fully saturated rings. The van der Waals surface area contributed by atoms with E-state index in [0.29, 0.717) is 6.54 Å². The van der Waals surface area contributed by atoms with Crippen molar-refractivity contribution >= 4 is 6.03 Å². The molecule has 0 aliphatic heterocycles. The van der Waals surface area contributed by atoms with Gasteiger partial charge >= 0.3 is 6.03 Å². The third-order valence-corrected chi connectivity index (χ3v) is 3.83. The van der Waals surface area contributed by atoms with Gasteiger partial charge < -0.3 is 20.1 Å². The number of amides is 2. The van der Waals surface area contributed by atoms with Gasteiger partial charge in [-0.3, -0.25) is 0 Å². The second kappa shape index (κ2) is 8.24. The SMILES string of the molecule is COc1ccccc1CNC(=O)NC(C)c1cc(C)ccc1OC. The van der Waals surface area contributed by atoms with E-state index in [1.54, 1.807) is 14.2 Å². The van der Waals surface area contributed by atoms with Crippen LogP contribution in [-0.2, 0) is 6.54 Å². The summed E-state index contributed by atoms with van der Waals surface area (Å²) < 4.78 is 10.7. The molecule has 2 aromatic carbocycles. The summed E-state index contributed by atoms with van der Waals surface area (Å²) in [6.45, 7) is 4.34. The smallest absolute Gasteiger partial charge is 0.315 e. The third kappa shape index (κ3) is 4.41. The zero-order valence-corrected chi connectivity index (χ0v) is 14.6. The van der Waals surface area contributed by atoms with Gasteiger partial charge in [-0.1, -0.05) is 35.9 Å². The van der Waals surface area contributed by atoms with Crippen LogP contribution in [0.25, 0.3) is 0 Å². The number of carbonyl (C=O) groups is 1. The van der Waals surface area contributed by atoms with E-state index in [2.05, 4.69) is 10.6 Å². The van der Waals surface area contributed by atoms with Crippen LogP contribution in [0.4, 0.5) is 4.79 Å². The quantitative estimate of drug-likeness (QED) is 0.852. The Kier molecular flexibility index (Phi) is 6.07. The number of hydrogen-bond acceptors (Lipinski definition) is 3. The Labute approximate surface area is 143 Å². The molecule has 0 saturated heterocycles. The first-order valence-electron chi connectivity index (χ1n) is 7.86. The molecule has 2 aromatic rings. The number of urea groups is 1. The number of hydrogen-bond donors (Lipinski definition) is 2. The molecule has 128 valence electrons. The maximum atomic E-state index is 12.2. The summed E-state index contributed by atoms with van der Waals surface area (Å²) >= 11 is 0. The Morgan fingerprint density at radius 3 is 2.50 bits per heavy atom. The molecule has 5 heteroatoms. The molecule has 1 unspecified atom stereocenters. The van der Waals surface area contributed by atoms with E-state index in [9.17, 15) is 4.79 Å². The molecule has 2 rings (SSSR count). The van der Waals surface area contributed by atoms with Crippen LogP contribution in [0.2, 0.25) is 0 Å². The molecule has 0 spiro atoms. The number of aryl methyl sites for hydroxylation is 1. The summed E-state index contributed by atoms with van der Waals surface area (Å²) in [5.74, 6) is 1.52. The average Bonchev–Trinajstić information content (AvgIpc) is 2.60. The van der Waals surface area contributed by atoms with Crippen LogP contribution in [0.5, 0.6) is 11.5 Å². The molecular formula is C19H24N2O3. The zero-order chi connectivity index (χ0) is 17.5. The van der Waals surface area contributed by atoms with Crippen LogP contribution in [-0.4, -0.2) is 20.3 Å².